The van der Waals surface area contributed by atoms with Crippen molar-refractivity contribution in [2.24, 2.45) is 0 Å². The van der Waals surface area contributed by atoms with Crippen LogP contribution in [-0.2, 0) is 0 Å². The summed E-state index contributed by atoms with van der Waals surface area (Å²) in [5, 5.41) is 2.56. The summed E-state index contributed by atoms with van der Waals surface area (Å²) in [4.78, 5) is 16.0. The summed E-state index contributed by atoms with van der Waals surface area (Å²) in [5.41, 5.74) is 0.280. The Bertz CT molecular complexity index is 442. The van der Waals surface area contributed by atoms with Gasteiger partial charge in [-0.3, -0.25) is 4.79 Å². The van der Waals surface area contributed by atoms with E-state index < -0.39 is 0 Å². The van der Waals surface area contributed by atoms with Gasteiger partial charge in [0.25, 0.3) is 5.91 Å². The molecule has 0 atom stereocenters. The number of amides is 1. The molecule has 5 nitrogen and oxygen atoms in total. The zero-order valence-electron chi connectivity index (χ0n) is 10.9. The van der Waals surface area contributed by atoms with Crippen molar-refractivity contribution in [1.29, 1.82) is 0 Å². The molecule has 1 aliphatic carbocycles. The number of hydrogen-bond donors (Lipinski definition) is 1. The number of nitrogens with one attached hydrogen (secondary N) is 1. The lowest BCUT2D eigenvalue weighted by atomic mass is 10.3. The van der Waals surface area contributed by atoms with Crippen LogP contribution in [0.15, 0.2) is 12.1 Å². The number of carbonyl (C=O) groups is 1. The highest BCUT2D eigenvalue weighted by Crippen LogP contribution is 2.29. The van der Waals surface area contributed by atoms with E-state index in [1.807, 2.05) is 13.8 Å². The van der Waals surface area contributed by atoms with Gasteiger partial charge in [0.2, 0.25) is 5.88 Å². The van der Waals surface area contributed by atoms with Gasteiger partial charge in [0.15, 0.2) is 11.4 Å². The first-order valence-electron chi connectivity index (χ1n) is 6.16. The van der Waals surface area contributed by atoms with Crippen LogP contribution in [0.5, 0.6) is 11.6 Å². The lowest BCUT2D eigenvalue weighted by molar-refractivity contribution is 0.0951. The van der Waals surface area contributed by atoms with Crippen LogP contribution in [-0.4, -0.2) is 30.1 Å². The molecule has 1 saturated carbocycles. The number of aromatic nitrogens is 1. The quantitative estimate of drug-likeness (QED) is 0.865. The van der Waals surface area contributed by atoms with E-state index in [9.17, 15) is 4.79 Å². The molecule has 1 N–H and O–H groups in total. The number of nitrogens with zero attached hydrogens (tertiary/aromatic N) is 1. The fourth-order valence-electron chi connectivity index (χ4n) is 1.48. The Kier molecular flexibility index (Phi) is 3.69. The molecule has 1 aliphatic rings. The Morgan fingerprint density at radius 2 is 2.17 bits per heavy atom. The van der Waals surface area contributed by atoms with Gasteiger partial charge in [-0.05, 0) is 32.8 Å². The Labute approximate surface area is 107 Å². The number of ether oxygens (including phenoxy) is 2. The van der Waals surface area contributed by atoms with E-state index in [0.717, 1.165) is 12.8 Å². The summed E-state index contributed by atoms with van der Waals surface area (Å²) in [7, 11) is 1.57. The van der Waals surface area contributed by atoms with E-state index in [4.69, 9.17) is 9.47 Å². The maximum atomic E-state index is 11.8. The molecule has 0 unspecified atom stereocenters. The van der Waals surface area contributed by atoms with Crippen LogP contribution in [0.25, 0.3) is 0 Å². The van der Waals surface area contributed by atoms with E-state index in [-0.39, 0.29) is 23.8 Å². The molecule has 0 aromatic carbocycles. The van der Waals surface area contributed by atoms with Crippen LogP contribution in [0, 0.1) is 0 Å². The van der Waals surface area contributed by atoms with Gasteiger partial charge < -0.3 is 14.8 Å². The highest BCUT2D eigenvalue weighted by atomic mass is 16.5. The van der Waals surface area contributed by atoms with Gasteiger partial charge in [0.1, 0.15) is 0 Å². The minimum Gasteiger partial charge on any atom is -0.488 e. The average Bonchev–Trinajstić information content (AvgIpc) is 3.13. The second-order valence-corrected chi connectivity index (χ2v) is 4.56. The molecule has 2 rings (SSSR count). The van der Waals surface area contributed by atoms with Crippen molar-refractivity contribution >= 4 is 5.91 Å². The third-order valence-corrected chi connectivity index (χ3v) is 2.45. The van der Waals surface area contributed by atoms with E-state index in [1.54, 1.807) is 19.2 Å². The van der Waals surface area contributed by atoms with Crippen LogP contribution in [0.4, 0.5) is 0 Å². The summed E-state index contributed by atoms with van der Waals surface area (Å²) in [5.74, 6) is 0.694. The molecular weight excluding hydrogens is 232 g/mol. The molecule has 1 fully saturated rings. The minimum atomic E-state index is -0.264. The monoisotopic (exact) mass is 250 g/mol. The van der Waals surface area contributed by atoms with Crippen molar-refractivity contribution in [3.63, 3.8) is 0 Å². The first-order chi connectivity index (χ1) is 8.60. The lowest BCUT2D eigenvalue weighted by Crippen LogP contribution is -2.21. The van der Waals surface area contributed by atoms with E-state index in [1.165, 1.54) is 0 Å². The van der Waals surface area contributed by atoms with Gasteiger partial charge in [-0.2, -0.15) is 0 Å². The highest BCUT2D eigenvalue weighted by molar-refractivity contribution is 5.94. The Balaban J connectivity index is 2.25. The third-order valence-electron chi connectivity index (χ3n) is 2.45. The standard InChI is InChI=1S/C13H18N2O3/c1-8(2)17-11-7-6-10(18-9-4-5-9)12(15-11)13(16)14-3/h6-9H,4-5H2,1-3H3,(H,14,16). The topological polar surface area (TPSA) is 60.5 Å². The predicted molar refractivity (Wildman–Crippen MR) is 67.0 cm³/mol. The Morgan fingerprint density at radius 3 is 2.72 bits per heavy atom. The first kappa shape index (κ1) is 12.7. The summed E-state index contributed by atoms with van der Waals surface area (Å²) in [6.45, 7) is 3.83. The van der Waals surface area contributed by atoms with Gasteiger partial charge in [-0.25, -0.2) is 4.98 Å². The molecule has 0 aliphatic heterocycles. The van der Waals surface area contributed by atoms with Gasteiger partial charge in [-0.15, -0.1) is 0 Å². The van der Waals surface area contributed by atoms with Crippen molar-refractivity contribution in [3.8, 4) is 11.6 Å². The van der Waals surface area contributed by atoms with Crippen LogP contribution >= 0.6 is 0 Å². The van der Waals surface area contributed by atoms with Gasteiger partial charge >= 0.3 is 0 Å². The average molecular weight is 250 g/mol. The predicted octanol–water partition coefficient (Wildman–Crippen LogP) is 1.77. The van der Waals surface area contributed by atoms with Gasteiger partial charge in [0, 0.05) is 13.1 Å². The first-order valence-corrected chi connectivity index (χ1v) is 6.16. The van der Waals surface area contributed by atoms with E-state index >= 15 is 0 Å². The Hall–Kier alpha value is -1.78. The molecule has 0 spiro atoms. The van der Waals surface area contributed by atoms with Gasteiger partial charge in [-0.1, -0.05) is 0 Å². The molecular formula is C13H18N2O3. The molecule has 1 heterocycles. The number of pyridine rings is 1. The van der Waals surface area contributed by atoms with Crippen LogP contribution in [0.3, 0.4) is 0 Å². The molecule has 0 saturated heterocycles. The lowest BCUT2D eigenvalue weighted by Gasteiger charge is -2.13. The summed E-state index contributed by atoms with van der Waals surface area (Å²) in [6, 6.07) is 3.47. The molecule has 98 valence electrons. The summed E-state index contributed by atoms with van der Waals surface area (Å²) < 4.78 is 11.1. The number of rotatable bonds is 5. The van der Waals surface area contributed by atoms with Gasteiger partial charge in [0.05, 0.1) is 12.2 Å². The maximum Gasteiger partial charge on any atom is 0.273 e. The molecule has 1 aromatic heterocycles. The highest BCUT2D eigenvalue weighted by Gasteiger charge is 2.26. The number of hydrogen-bond acceptors (Lipinski definition) is 4. The van der Waals surface area contributed by atoms with E-state index in [2.05, 4.69) is 10.3 Å². The van der Waals surface area contributed by atoms with Crippen molar-refractivity contribution in [2.45, 2.75) is 38.9 Å². The van der Waals surface area contributed by atoms with Crippen LogP contribution < -0.4 is 14.8 Å². The van der Waals surface area contributed by atoms with E-state index in [0.29, 0.717) is 11.6 Å². The largest absolute Gasteiger partial charge is 0.488 e. The van der Waals surface area contributed by atoms with Crippen molar-refractivity contribution in [2.75, 3.05) is 7.05 Å². The molecule has 0 radical (unpaired) electrons. The number of carbonyl (C=O) groups excluding carboxylic acids is 1. The second kappa shape index (κ2) is 5.25. The zero-order chi connectivity index (χ0) is 13.1. The summed E-state index contributed by atoms with van der Waals surface area (Å²) >= 11 is 0. The second-order valence-electron chi connectivity index (χ2n) is 4.56. The van der Waals surface area contributed by atoms with Crippen molar-refractivity contribution in [3.05, 3.63) is 17.8 Å². The molecule has 18 heavy (non-hydrogen) atoms. The zero-order valence-corrected chi connectivity index (χ0v) is 10.9. The molecule has 0 bridgehead atoms. The fraction of sp³-hybridized carbons (Fsp3) is 0.538. The smallest absolute Gasteiger partial charge is 0.273 e. The van der Waals surface area contributed by atoms with Crippen molar-refractivity contribution in [1.82, 2.24) is 10.3 Å². The SMILES string of the molecule is CNC(=O)c1nc(OC(C)C)ccc1OC1CC1. The summed E-state index contributed by atoms with van der Waals surface area (Å²) in [6.07, 6.45) is 2.33. The minimum absolute atomic E-state index is 0.0187. The van der Waals surface area contributed by atoms with Crippen LogP contribution in [0.1, 0.15) is 37.2 Å². The van der Waals surface area contributed by atoms with Crippen molar-refractivity contribution < 1.29 is 14.3 Å². The molecule has 5 heteroatoms. The molecule has 1 amide bonds. The van der Waals surface area contributed by atoms with Crippen LogP contribution in [0.2, 0.25) is 0 Å². The normalized spacial score (nSPS) is 14.4. The molecule has 1 aromatic rings. The Morgan fingerprint density at radius 1 is 1.44 bits per heavy atom. The third kappa shape index (κ3) is 3.12. The maximum absolute atomic E-state index is 11.8. The fourth-order valence-corrected chi connectivity index (χ4v) is 1.48.